The monoisotopic (exact) mass is 380 g/mol. The Morgan fingerprint density at radius 2 is 2.00 bits per heavy atom. The van der Waals surface area contributed by atoms with Crippen molar-refractivity contribution in [2.24, 2.45) is 5.73 Å². The number of benzene rings is 1. The Bertz CT molecular complexity index is 664. The van der Waals surface area contributed by atoms with Crippen LogP contribution in [0.3, 0.4) is 0 Å². The van der Waals surface area contributed by atoms with Gasteiger partial charge in [-0.3, -0.25) is 0 Å². The average Bonchev–Trinajstić information content (AvgIpc) is 2.40. The molecule has 21 heavy (non-hydrogen) atoms. The highest BCUT2D eigenvalue weighted by Crippen LogP contribution is 2.38. The van der Waals surface area contributed by atoms with Crippen LogP contribution in [-0.2, 0) is 12.7 Å². The maximum Gasteiger partial charge on any atom is 0.421 e. The van der Waals surface area contributed by atoms with Gasteiger partial charge in [0, 0.05) is 22.2 Å². The van der Waals surface area contributed by atoms with E-state index in [-0.39, 0.29) is 16.8 Å². The Balaban J connectivity index is 2.38. The maximum atomic E-state index is 12.9. The summed E-state index contributed by atoms with van der Waals surface area (Å²) in [5.74, 6) is -0.389. The first-order valence-electron chi connectivity index (χ1n) is 5.70. The van der Waals surface area contributed by atoms with Gasteiger partial charge in [0.25, 0.3) is 0 Å². The van der Waals surface area contributed by atoms with Gasteiger partial charge < -0.3 is 10.5 Å². The van der Waals surface area contributed by atoms with E-state index in [2.05, 4.69) is 20.9 Å². The number of pyridine rings is 1. The van der Waals surface area contributed by atoms with Crippen molar-refractivity contribution in [3.63, 3.8) is 0 Å². The summed E-state index contributed by atoms with van der Waals surface area (Å²) in [6.07, 6.45) is -3.35. The van der Waals surface area contributed by atoms with E-state index in [1.165, 1.54) is 18.3 Å². The highest BCUT2D eigenvalue weighted by atomic mass is 79.9. The highest BCUT2D eigenvalue weighted by molar-refractivity contribution is 9.10. The first-order valence-corrected chi connectivity index (χ1v) is 6.87. The second kappa shape index (κ2) is 6.21. The number of nitrogens with two attached hydrogens (primary N) is 1. The summed E-state index contributed by atoms with van der Waals surface area (Å²) >= 11 is 8.89. The molecule has 0 aliphatic rings. The standard InChI is InChI=1S/C13H9BrClF3N2O/c14-8-3-10(13(16,17)18)12(20-6-8)21-9-2-1-7(5-19)11(15)4-9/h1-4,6H,5,19H2. The van der Waals surface area contributed by atoms with E-state index in [1.54, 1.807) is 6.07 Å². The number of ether oxygens (including phenoxy) is 1. The molecule has 0 unspecified atom stereocenters. The van der Waals surface area contributed by atoms with Gasteiger partial charge in [-0.2, -0.15) is 13.2 Å². The summed E-state index contributed by atoms with van der Waals surface area (Å²) < 4.78 is 44.2. The second-order valence-corrected chi connectivity index (χ2v) is 5.39. The minimum atomic E-state index is -4.58. The van der Waals surface area contributed by atoms with Crippen molar-refractivity contribution in [1.82, 2.24) is 4.98 Å². The van der Waals surface area contributed by atoms with E-state index in [9.17, 15) is 13.2 Å². The number of hydrogen-bond donors (Lipinski definition) is 1. The van der Waals surface area contributed by atoms with Crippen LogP contribution in [0, 0.1) is 0 Å². The van der Waals surface area contributed by atoms with E-state index in [1.807, 2.05) is 0 Å². The largest absolute Gasteiger partial charge is 0.438 e. The molecular weight excluding hydrogens is 373 g/mol. The second-order valence-electron chi connectivity index (χ2n) is 4.06. The van der Waals surface area contributed by atoms with Gasteiger partial charge in [0.05, 0.1) is 0 Å². The third kappa shape index (κ3) is 3.87. The number of alkyl halides is 3. The van der Waals surface area contributed by atoms with Crippen LogP contribution in [0.15, 0.2) is 34.9 Å². The minimum Gasteiger partial charge on any atom is -0.438 e. The molecule has 1 aromatic carbocycles. The molecule has 0 aliphatic carbocycles. The summed E-state index contributed by atoms with van der Waals surface area (Å²) in [6.45, 7) is 0.226. The Morgan fingerprint density at radius 3 is 2.57 bits per heavy atom. The van der Waals surface area contributed by atoms with Gasteiger partial charge in [-0.15, -0.1) is 0 Å². The Hall–Kier alpha value is -1.31. The van der Waals surface area contributed by atoms with E-state index >= 15 is 0 Å². The van der Waals surface area contributed by atoms with Crippen molar-refractivity contribution < 1.29 is 17.9 Å². The van der Waals surface area contributed by atoms with Crippen LogP contribution in [-0.4, -0.2) is 4.98 Å². The molecule has 2 N–H and O–H groups in total. The molecule has 8 heteroatoms. The fraction of sp³-hybridized carbons (Fsp3) is 0.154. The Kier molecular flexibility index (Phi) is 4.75. The zero-order chi connectivity index (χ0) is 15.6. The Morgan fingerprint density at radius 1 is 1.29 bits per heavy atom. The predicted octanol–water partition coefficient (Wildman–Crippen LogP) is 4.77. The van der Waals surface area contributed by atoms with Crippen LogP contribution in [0.1, 0.15) is 11.1 Å². The molecule has 0 fully saturated rings. The van der Waals surface area contributed by atoms with Gasteiger partial charge in [0.2, 0.25) is 5.88 Å². The average molecular weight is 382 g/mol. The smallest absolute Gasteiger partial charge is 0.421 e. The number of aromatic nitrogens is 1. The minimum absolute atomic E-state index is 0.150. The molecule has 0 spiro atoms. The van der Waals surface area contributed by atoms with Gasteiger partial charge in [-0.25, -0.2) is 4.98 Å². The first-order chi connectivity index (χ1) is 9.81. The van der Waals surface area contributed by atoms with Crippen LogP contribution in [0.25, 0.3) is 0 Å². The van der Waals surface area contributed by atoms with Crippen LogP contribution in [0.4, 0.5) is 13.2 Å². The summed E-state index contributed by atoms with van der Waals surface area (Å²) in [5, 5.41) is 0.320. The van der Waals surface area contributed by atoms with Gasteiger partial charge >= 0.3 is 6.18 Å². The van der Waals surface area contributed by atoms with Crippen molar-refractivity contribution in [3.8, 4) is 11.6 Å². The molecule has 0 atom stereocenters. The summed E-state index contributed by atoms with van der Waals surface area (Å²) in [6, 6.07) is 5.37. The van der Waals surface area contributed by atoms with Crippen LogP contribution in [0.2, 0.25) is 5.02 Å². The van der Waals surface area contributed by atoms with Crippen molar-refractivity contribution in [2.45, 2.75) is 12.7 Å². The molecule has 2 rings (SSSR count). The third-order valence-corrected chi connectivity index (χ3v) is 3.37. The van der Waals surface area contributed by atoms with Gasteiger partial charge in [-0.05, 0) is 39.7 Å². The normalized spacial score (nSPS) is 11.5. The number of halogens is 5. The van der Waals surface area contributed by atoms with Crippen LogP contribution >= 0.6 is 27.5 Å². The topological polar surface area (TPSA) is 48.1 Å². The van der Waals surface area contributed by atoms with Gasteiger partial charge in [0.1, 0.15) is 11.3 Å². The predicted molar refractivity (Wildman–Crippen MR) is 76.4 cm³/mol. The molecule has 0 radical (unpaired) electrons. The molecular formula is C13H9BrClF3N2O. The summed E-state index contributed by atoms with van der Waals surface area (Å²) in [5.41, 5.74) is 5.15. The van der Waals surface area contributed by atoms with Crippen molar-refractivity contribution >= 4 is 27.5 Å². The van der Waals surface area contributed by atoms with Crippen molar-refractivity contribution in [1.29, 1.82) is 0 Å². The van der Waals surface area contributed by atoms with Gasteiger partial charge in [-0.1, -0.05) is 17.7 Å². The molecule has 2 aromatic rings. The number of nitrogens with zero attached hydrogens (tertiary/aromatic N) is 1. The first kappa shape index (κ1) is 16.1. The van der Waals surface area contributed by atoms with E-state index in [0.29, 0.717) is 10.6 Å². The molecule has 3 nitrogen and oxygen atoms in total. The van der Waals surface area contributed by atoms with Crippen molar-refractivity contribution in [3.05, 3.63) is 51.1 Å². The number of hydrogen-bond acceptors (Lipinski definition) is 3. The van der Waals surface area contributed by atoms with Crippen LogP contribution < -0.4 is 10.5 Å². The number of rotatable bonds is 3. The maximum absolute atomic E-state index is 12.9. The molecule has 0 saturated carbocycles. The third-order valence-electron chi connectivity index (χ3n) is 2.58. The lowest BCUT2D eigenvalue weighted by molar-refractivity contribution is -0.138. The molecule has 1 heterocycles. The Labute approximate surface area is 132 Å². The lowest BCUT2D eigenvalue weighted by Crippen LogP contribution is -2.08. The SMILES string of the molecule is NCc1ccc(Oc2ncc(Br)cc2C(F)(F)F)cc1Cl. The fourth-order valence-corrected chi connectivity index (χ4v) is 2.16. The van der Waals surface area contributed by atoms with E-state index in [4.69, 9.17) is 22.1 Å². The molecule has 0 bridgehead atoms. The molecule has 0 amide bonds. The molecule has 112 valence electrons. The molecule has 0 saturated heterocycles. The summed E-state index contributed by atoms with van der Waals surface area (Å²) in [4.78, 5) is 3.66. The van der Waals surface area contributed by atoms with Gasteiger partial charge in [0.15, 0.2) is 0 Å². The highest BCUT2D eigenvalue weighted by Gasteiger charge is 2.35. The zero-order valence-corrected chi connectivity index (χ0v) is 12.8. The van der Waals surface area contributed by atoms with Crippen LogP contribution in [0.5, 0.6) is 11.6 Å². The molecule has 0 aliphatic heterocycles. The lowest BCUT2D eigenvalue weighted by atomic mass is 10.2. The zero-order valence-electron chi connectivity index (χ0n) is 10.4. The van der Waals surface area contributed by atoms with Crippen molar-refractivity contribution in [2.75, 3.05) is 0 Å². The van der Waals surface area contributed by atoms with E-state index in [0.717, 1.165) is 6.07 Å². The quantitative estimate of drug-likeness (QED) is 0.833. The van der Waals surface area contributed by atoms with E-state index < -0.39 is 17.6 Å². The molecule has 1 aromatic heterocycles. The lowest BCUT2D eigenvalue weighted by Gasteiger charge is -2.13. The summed E-state index contributed by atoms with van der Waals surface area (Å²) in [7, 11) is 0. The fourth-order valence-electron chi connectivity index (χ4n) is 1.58.